The number of carbonyl (C=O) groups excluding carboxylic acids is 2. The molecule has 0 spiro atoms. The van der Waals surface area contributed by atoms with Gasteiger partial charge in [0, 0.05) is 34.3 Å². The molecule has 326 valence electrons. The van der Waals surface area contributed by atoms with Gasteiger partial charge in [0.25, 0.3) is 11.8 Å². The molecule has 2 aromatic carbocycles. The number of aryl methyl sites for hydroxylation is 2. The van der Waals surface area contributed by atoms with Crippen LogP contribution in [-0.4, -0.2) is 70.4 Å². The van der Waals surface area contributed by atoms with Gasteiger partial charge in [0.15, 0.2) is 11.4 Å². The van der Waals surface area contributed by atoms with Gasteiger partial charge in [-0.15, -0.1) is 22.7 Å². The van der Waals surface area contributed by atoms with Crippen LogP contribution in [0, 0.1) is 0 Å². The van der Waals surface area contributed by atoms with E-state index in [-0.39, 0.29) is 29.9 Å². The summed E-state index contributed by atoms with van der Waals surface area (Å²) in [5.41, 5.74) is 5.08. The molecule has 0 bridgehead atoms. The van der Waals surface area contributed by atoms with Gasteiger partial charge in [0.1, 0.15) is 8.42 Å². The number of nitrogens with zero attached hydrogens (tertiary/aromatic N) is 4. The Balaban J connectivity index is 0.921. The third kappa shape index (κ3) is 9.09. The number of rotatable bonds is 13. The molecule has 2 aliphatic rings. The van der Waals surface area contributed by atoms with Crippen LogP contribution in [-0.2, 0) is 45.9 Å². The van der Waals surface area contributed by atoms with Crippen LogP contribution in [0.2, 0.25) is 20.1 Å². The van der Waals surface area contributed by atoms with Crippen LogP contribution in [0.5, 0.6) is 0 Å². The lowest BCUT2D eigenvalue weighted by Crippen LogP contribution is -2.26. The van der Waals surface area contributed by atoms with Gasteiger partial charge in [-0.2, -0.15) is 27.0 Å². The Bertz CT molecular complexity index is 2800. The minimum atomic E-state index is -4.47. The SMILES string of the molecule is O=C(NCCCCCCNC(=O)c1nn(-c2ccc(Cl)cc2Cl)c2c1CCCc1cc(S(=O)(=O)O)sc1-2)c1nn(-c2ccc(Cl)cc2Cl)c2c1CCCc1cc(S(=O)(=O)O)sc1-2. The fraction of sp³-hybridized carbons (Fsp3) is 0.300. The summed E-state index contributed by atoms with van der Waals surface area (Å²) in [4.78, 5) is 28.6. The van der Waals surface area contributed by atoms with Gasteiger partial charge in [0.2, 0.25) is 0 Å². The first-order valence-corrected chi connectivity index (χ1v) is 25.4. The van der Waals surface area contributed by atoms with Crippen molar-refractivity contribution < 1.29 is 35.5 Å². The number of thiophene rings is 2. The lowest BCUT2D eigenvalue weighted by molar-refractivity contribution is 0.0937. The maximum Gasteiger partial charge on any atom is 0.304 e. The van der Waals surface area contributed by atoms with Gasteiger partial charge in [-0.1, -0.05) is 59.2 Å². The summed E-state index contributed by atoms with van der Waals surface area (Å²) in [6, 6.07) is 12.7. The van der Waals surface area contributed by atoms with Crippen molar-refractivity contribution in [3.63, 3.8) is 0 Å². The highest BCUT2D eigenvalue weighted by atomic mass is 35.5. The largest absolute Gasteiger partial charge is 0.351 e. The smallest absolute Gasteiger partial charge is 0.304 e. The third-order valence-corrected chi connectivity index (χ3v) is 16.7. The van der Waals surface area contributed by atoms with E-state index in [9.17, 15) is 35.5 Å². The van der Waals surface area contributed by atoms with Crippen molar-refractivity contribution in [3.05, 3.63) is 102 Å². The van der Waals surface area contributed by atoms with Gasteiger partial charge in [0.05, 0.1) is 42.6 Å². The van der Waals surface area contributed by atoms with Crippen molar-refractivity contribution in [2.24, 2.45) is 0 Å². The Kier molecular flexibility index (Phi) is 13.0. The summed E-state index contributed by atoms with van der Waals surface area (Å²) in [7, 11) is -8.94. The topological polar surface area (TPSA) is 203 Å². The van der Waals surface area contributed by atoms with Crippen LogP contribution in [0.15, 0.2) is 56.9 Å². The highest BCUT2D eigenvalue weighted by molar-refractivity contribution is 7.88. The summed E-state index contributed by atoms with van der Waals surface area (Å²) in [5.74, 6) is -0.788. The van der Waals surface area contributed by atoms with E-state index in [1.54, 1.807) is 45.8 Å². The Hall–Kier alpha value is -3.82. The van der Waals surface area contributed by atoms with E-state index in [0.717, 1.165) is 46.6 Å². The van der Waals surface area contributed by atoms with E-state index >= 15 is 0 Å². The van der Waals surface area contributed by atoms with Crippen molar-refractivity contribution in [3.8, 4) is 32.5 Å². The molecule has 14 nitrogen and oxygen atoms in total. The number of unbranched alkanes of at least 4 members (excludes halogenated alkanes) is 3. The maximum atomic E-state index is 13.7. The van der Waals surface area contributed by atoms with E-state index < -0.39 is 32.1 Å². The molecule has 4 aromatic heterocycles. The molecule has 6 aromatic rings. The van der Waals surface area contributed by atoms with Crippen molar-refractivity contribution in [1.29, 1.82) is 0 Å². The number of fused-ring (bicyclic) bond motifs is 6. The lowest BCUT2D eigenvalue weighted by Gasteiger charge is -2.10. The van der Waals surface area contributed by atoms with Crippen molar-refractivity contribution in [2.45, 2.75) is 72.6 Å². The minimum Gasteiger partial charge on any atom is -0.351 e. The normalized spacial score (nSPS) is 13.7. The van der Waals surface area contributed by atoms with Crippen LogP contribution in [0.3, 0.4) is 0 Å². The van der Waals surface area contributed by atoms with Gasteiger partial charge in [-0.25, -0.2) is 9.36 Å². The minimum absolute atomic E-state index is 0.191. The predicted octanol–water partition coefficient (Wildman–Crippen LogP) is 9.32. The molecule has 0 saturated carbocycles. The average molecular weight is 999 g/mol. The first-order valence-electron chi connectivity index (χ1n) is 19.4. The molecule has 0 saturated heterocycles. The molecule has 4 heterocycles. The van der Waals surface area contributed by atoms with Crippen LogP contribution >= 0.6 is 69.1 Å². The Morgan fingerprint density at radius 2 is 1.02 bits per heavy atom. The molecule has 62 heavy (non-hydrogen) atoms. The number of carbonyl (C=O) groups is 2. The van der Waals surface area contributed by atoms with Gasteiger partial charge < -0.3 is 10.6 Å². The van der Waals surface area contributed by atoms with Crippen molar-refractivity contribution in [2.75, 3.05) is 13.1 Å². The maximum absolute atomic E-state index is 13.7. The molecular weight excluding hydrogens is 963 g/mol. The van der Waals surface area contributed by atoms with Gasteiger partial charge >= 0.3 is 20.2 Å². The summed E-state index contributed by atoms with van der Waals surface area (Å²) in [5, 5.41) is 16.7. The molecule has 2 amide bonds. The standard InChI is InChI=1S/C40H36Cl4N6O8S4/c41-23-11-13-29(27(43)19-23)49-35-25(9-5-7-21-17-31(59-37(21)35)61(53,54)55)33(47-49)39(51)45-15-3-1-2-4-16-46-40(52)34-26-10-6-8-22-18-32(62(56,57)58)60-38(22)36(26)50(48-34)30-14-12-24(42)20-28(30)44/h11-14,17-20H,1-10,15-16H2,(H,45,51)(H,46,52)(H,53,54,55)(H,56,57,58). The molecule has 0 fully saturated rings. The molecule has 8 rings (SSSR count). The zero-order valence-corrected chi connectivity index (χ0v) is 38.7. The first-order chi connectivity index (χ1) is 29.5. The van der Waals surface area contributed by atoms with Crippen LogP contribution in [0.4, 0.5) is 0 Å². The van der Waals surface area contributed by atoms with Crippen LogP contribution in [0.25, 0.3) is 32.5 Å². The second kappa shape index (κ2) is 18.0. The van der Waals surface area contributed by atoms with E-state index in [1.807, 2.05) is 0 Å². The third-order valence-electron chi connectivity index (χ3n) is 10.6. The van der Waals surface area contributed by atoms with Gasteiger partial charge in [-0.3, -0.25) is 18.7 Å². The molecule has 4 N–H and O–H groups in total. The predicted molar refractivity (Wildman–Crippen MR) is 241 cm³/mol. The second-order valence-electron chi connectivity index (χ2n) is 14.8. The summed E-state index contributed by atoms with van der Waals surface area (Å²) >= 11 is 27.4. The van der Waals surface area contributed by atoms with E-state index in [0.29, 0.717) is 118 Å². The summed E-state index contributed by atoms with van der Waals surface area (Å²) < 4.78 is 70.7. The number of halogens is 4. The zero-order valence-electron chi connectivity index (χ0n) is 32.4. The zero-order chi connectivity index (χ0) is 44.1. The fourth-order valence-electron chi connectivity index (χ4n) is 7.78. The van der Waals surface area contributed by atoms with E-state index in [2.05, 4.69) is 10.6 Å². The first kappa shape index (κ1) is 44.8. The number of amides is 2. The number of nitrogens with one attached hydrogen (secondary N) is 2. The molecule has 0 atom stereocenters. The molecule has 0 radical (unpaired) electrons. The monoisotopic (exact) mass is 996 g/mol. The summed E-state index contributed by atoms with van der Waals surface area (Å²) in [6.45, 7) is 0.707. The van der Waals surface area contributed by atoms with E-state index in [4.69, 9.17) is 56.6 Å². The van der Waals surface area contributed by atoms with Crippen LogP contribution in [0.1, 0.15) is 81.8 Å². The number of benzene rings is 2. The Morgan fingerprint density at radius 3 is 1.39 bits per heavy atom. The molecular formula is C40H36Cl4N6O8S4. The molecule has 2 aliphatic carbocycles. The van der Waals surface area contributed by atoms with Crippen LogP contribution < -0.4 is 10.6 Å². The summed E-state index contributed by atoms with van der Waals surface area (Å²) in [6.07, 6.45) is 6.09. The fourth-order valence-corrected chi connectivity index (χ4v) is 12.7. The van der Waals surface area contributed by atoms with E-state index in [1.165, 1.54) is 12.1 Å². The highest BCUT2D eigenvalue weighted by Crippen LogP contribution is 2.45. The lowest BCUT2D eigenvalue weighted by atomic mass is 10.1. The second-order valence-corrected chi connectivity index (χ2v) is 21.9. The number of aromatic nitrogens is 4. The van der Waals surface area contributed by atoms with Gasteiger partial charge in [-0.05, 0) is 111 Å². The highest BCUT2D eigenvalue weighted by Gasteiger charge is 2.33. The quantitative estimate of drug-likeness (QED) is 0.0638. The number of hydrogen-bond donors (Lipinski definition) is 4. The van der Waals surface area contributed by atoms with Crippen molar-refractivity contribution in [1.82, 2.24) is 30.2 Å². The molecule has 22 heteroatoms. The Labute approximate surface area is 384 Å². The average Bonchev–Trinajstić information content (AvgIpc) is 3.95. The number of hydrogen-bond acceptors (Lipinski definition) is 10. The Morgan fingerprint density at radius 1 is 0.613 bits per heavy atom. The molecule has 0 unspecified atom stereocenters. The molecule has 0 aliphatic heterocycles. The van der Waals surface area contributed by atoms with Crippen molar-refractivity contribution >= 4 is 101 Å².